The fourth-order valence-corrected chi connectivity index (χ4v) is 2.00. The van der Waals surface area contributed by atoms with Gasteiger partial charge in [-0.25, -0.2) is 8.78 Å². The van der Waals surface area contributed by atoms with E-state index < -0.39 is 11.6 Å². The third-order valence-electron chi connectivity index (χ3n) is 2.99. The summed E-state index contributed by atoms with van der Waals surface area (Å²) in [4.78, 5) is 15.2. The number of anilines is 1. The zero-order valence-corrected chi connectivity index (χ0v) is 13.6. The lowest BCUT2D eigenvalue weighted by molar-refractivity contribution is -0.123. The van der Waals surface area contributed by atoms with E-state index in [1.54, 1.807) is 0 Å². The van der Waals surface area contributed by atoms with Gasteiger partial charge in [0.15, 0.2) is 5.96 Å². The molecule has 1 saturated heterocycles. The monoisotopic (exact) mass is 410 g/mol. The number of guanidine groups is 1. The van der Waals surface area contributed by atoms with E-state index in [0.29, 0.717) is 13.0 Å². The molecule has 1 amide bonds. The standard InChI is InChI=1S/C13H16F2N4O.HI/c14-8-4-5-10(15)11(6-8)19-13(16)17-7-9-2-1-3-12(20)18-9;/h4-6,9H,1-3,7H2,(H,18,20)(H3,16,17,19);1H. The molecule has 21 heavy (non-hydrogen) atoms. The highest BCUT2D eigenvalue weighted by molar-refractivity contribution is 14.0. The number of carbonyl (C=O) groups is 1. The third-order valence-corrected chi connectivity index (χ3v) is 2.99. The molecule has 1 fully saturated rings. The van der Waals surface area contributed by atoms with Crippen LogP contribution in [0.1, 0.15) is 19.3 Å². The summed E-state index contributed by atoms with van der Waals surface area (Å²) in [7, 11) is 0. The van der Waals surface area contributed by atoms with Crippen molar-refractivity contribution in [2.75, 3.05) is 11.9 Å². The number of hydrogen-bond acceptors (Lipinski definition) is 2. The van der Waals surface area contributed by atoms with Crippen molar-refractivity contribution in [2.24, 2.45) is 10.7 Å². The second-order valence-corrected chi connectivity index (χ2v) is 4.63. The van der Waals surface area contributed by atoms with Crippen LogP contribution < -0.4 is 16.4 Å². The molecule has 2 rings (SSSR count). The number of hydrogen-bond donors (Lipinski definition) is 3. The van der Waals surface area contributed by atoms with Crippen LogP contribution in [-0.4, -0.2) is 24.5 Å². The van der Waals surface area contributed by atoms with Crippen molar-refractivity contribution in [3.63, 3.8) is 0 Å². The van der Waals surface area contributed by atoms with Crippen molar-refractivity contribution < 1.29 is 13.6 Å². The molecular formula is C13H17F2IN4O. The Labute approximate surface area is 138 Å². The van der Waals surface area contributed by atoms with Gasteiger partial charge < -0.3 is 16.4 Å². The van der Waals surface area contributed by atoms with Crippen molar-refractivity contribution in [3.8, 4) is 0 Å². The molecule has 1 aliphatic heterocycles. The Kier molecular flexibility index (Phi) is 6.79. The van der Waals surface area contributed by atoms with Crippen LogP contribution >= 0.6 is 24.0 Å². The molecule has 116 valence electrons. The molecule has 0 spiro atoms. The first-order chi connectivity index (χ1) is 9.54. The Morgan fingerprint density at radius 1 is 1.48 bits per heavy atom. The number of benzene rings is 1. The Hall–Kier alpha value is -1.45. The number of aliphatic imine (C=N–C) groups is 1. The Balaban J connectivity index is 0.00000220. The van der Waals surface area contributed by atoms with Gasteiger partial charge in [0.05, 0.1) is 12.2 Å². The highest BCUT2D eigenvalue weighted by Gasteiger charge is 2.17. The Bertz CT molecular complexity index is 539. The van der Waals surface area contributed by atoms with E-state index in [2.05, 4.69) is 15.6 Å². The van der Waals surface area contributed by atoms with Gasteiger partial charge in [-0.15, -0.1) is 24.0 Å². The Morgan fingerprint density at radius 2 is 2.24 bits per heavy atom. The average molecular weight is 410 g/mol. The van der Waals surface area contributed by atoms with Crippen LogP contribution in [-0.2, 0) is 4.79 Å². The summed E-state index contributed by atoms with van der Waals surface area (Å²) in [5.74, 6) is -1.20. The van der Waals surface area contributed by atoms with Crippen LogP contribution in [0.5, 0.6) is 0 Å². The lowest BCUT2D eigenvalue weighted by Crippen LogP contribution is -2.41. The van der Waals surface area contributed by atoms with Crippen LogP contribution in [0.3, 0.4) is 0 Å². The van der Waals surface area contributed by atoms with Gasteiger partial charge in [-0.1, -0.05) is 0 Å². The second kappa shape index (κ2) is 8.11. The predicted molar refractivity (Wildman–Crippen MR) is 87.7 cm³/mol. The lowest BCUT2D eigenvalue weighted by atomic mass is 10.0. The zero-order valence-electron chi connectivity index (χ0n) is 11.2. The summed E-state index contributed by atoms with van der Waals surface area (Å²) in [5.41, 5.74) is 5.54. The molecular weight excluding hydrogens is 393 g/mol. The summed E-state index contributed by atoms with van der Waals surface area (Å²) in [5, 5.41) is 5.29. The highest BCUT2D eigenvalue weighted by atomic mass is 127. The van der Waals surface area contributed by atoms with Crippen molar-refractivity contribution in [1.82, 2.24) is 5.32 Å². The summed E-state index contributed by atoms with van der Waals surface area (Å²) < 4.78 is 26.4. The van der Waals surface area contributed by atoms with Crippen LogP contribution in [0, 0.1) is 11.6 Å². The predicted octanol–water partition coefficient (Wildman–Crippen LogP) is 1.98. The van der Waals surface area contributed by atoms with E-state index in [-0.39, 0.29) is 47.6 Å². The van der Waals surface area contributed by atoms with E-state index in [1.807, 2.05) is 0 Å². The Morgan fingerprint density at radius 3 is 2.95 bits per heavy atom. The number of nitrogens with zero attached hydrogens (tertiary/aromatic N) is 1. The molecule has 8 heteroatoms. The molecule has 0 aliphatic carbocycles. The van der Waals surface area contributed by atoms with Crippen LogP contribution in [0.4, 0.5) is 14.5 Å². The molecule has 4 N–H and O–H groups in total. The molecule has 1 aromatic carbocycles. The van der Waals surface area contributed by atoms with Crippen molar-refractivity contribution in [1.29, 1.82) is 0 Å². The van der Waals surface area contributed by atoms with Crippen molar-refractivity contribution in [3.05, 3.63) is 29.8 Å². The fraction of sp³-hybridized carbons (Fsp3) is 0.385. The molecule has 1 aromatic rings. The first kappa shape index (κ1) is 17.6. The van der Waals surface area contributed by atoms with E-state index in [1.165, 1.54) is 0 Å². The van der Waals surface area contributed by atoms with Crippen LogP contribution in [0.25, 0.3) is 0 Å². The van der Waals surface area contributed by atoms with E-state index in [4.69, 9.17) is 5.73 Å². The molecule has 0 bridgehead atoms. The van der Waals surface area contributed by atoms with Gasteiger partial charge in [-0.3, -0.25) is 9.79 Å². The van der Waals surface area contributed by atoms with Gasteiger partial charge in [0.1, 0.15) is 11.6 Å². The van der Waals surface area contributed by atoms with Crippen LogP contribution in [0.2, 0.25) is 0 Å². The maximum absolute atomic E-state index is 13.4. The number of amides is 1. The minimum atomic E-state index is -0.615. The van der Waals surface area contributed by atoms with Gasteiger partial charge in [0.2, 0.25) is 5.91 Å². The van der Waals surface area contributed by atoms with Crippen molar-refractivity contribution in [2.45, 2.75) is 25.3 Å². The largest absolute Gasteiger partial charge is 0.370 e. The smallest absolute Gasteiger partial charge is 0.220 e. The summed E-state index contributed by atoms with van der Waals surface area (Å²) >= 11 is 0. The first-order valence-electron chi connectivity index (χ1n) is 6.36. The number of halogens is 3. The summed E-state index contributed by atoms with van der Waals surface area (Å²) in [6, 6.07) is 2.96. The second-order valence-electron chi connectivity index (χ2n) is 4.63. The van der Waals surface area contributed by atoms with Gasteiger partial charge in [0.25, 0.3) is 0 Å². The minimum Gasteiger partial charge on any atom is -0.370 e. The quantitative estimate of drug-likeness (QED) is 0.405. The molecule has 5 nitrogen and oxygen atoms in total. The van der Waals surface area contributed by atoms with E-state index in [0.717, 1.165) is 31.0 Å². The molecule has 1 unspecified atom stereocenters. The molecule has 0 radical (unpaired) electrons. The number of nitrogens with two attached hydrogens (primary N) is 1. The molecule has 1 aliphatic rings. The maximum atomic E-state index is 13.4. The lowest BCUT2D eigenvalue weighted by Gasteiger charge is -2.21. The number of rotatable bonds is 3. The van der Waals surface area contributed by atoms with E-state index >= 15 is 0 Å². The fourth-order valence-electron chi connectivity index (χ4n) is 2.00. The van der Waals surface area contributed by atoms with Crippen molar-refractivity contribution >= 4 is 41.5 Å². The van der Waals surface area contributed by atoms with Gasteiger partial charge in [0, 0.05) is 18.5 Å². The molecule has 1 heterocycles. The number of nitrogens with one attached hydrogen (secondary N) is 2. The SMILES string of the molecule is I.NC(=NCC1CCCC(=O)N1)Nc1cc(F)ccc1F. The van der Waals surface area contributed by atoms with Gasteiger partial charge in [-0.2, -0.15) is 0 Å². The van der Waals surface area contributed by atoms with Gasteiger partial charge in [-0.05, 0) is 25.0 Å². The van der Waals surface area contributed by atoms with Gasteiger partial charge >= 0.3 is 0 Å². The van der Waals surface area contributed by atoms with Crippen LogP contribution in [0.15, 0.2) is 23.2 Å². The first-order valence-corrected chi connectivity index (χ1v) is 6.36. The third kappa shape index (κ3) is 5.44. The number of carbonyl (C=O) groups excluding carboxylic acids is 1. The summed E-state index contributed by atoms with van der Waals surface area (Å²) in [6.07, 6.45) is 2.18. The molecule has 0 saturated carbocycles. The summed E-state index contributed by atoms with van der Waals surface area (Å²) in [6.45, 7) is 0.307. The molecule has 1 atom stereocenters. The normalized spacial score (nSPS) is 18.7. The maximum Gasteiger partial charge on any atom is 0.220 e. The minimum absolute atomic E-state index is 0. The topological polar surface area (TPSA) is 79.5 Å². The van der Waals surface area contributed by atoms with E-state index in [9.17, 15) is 13.6 Å². The number of piperidine rings is 1. The molecule has 0 aromatic heterocycles. The zero-order chi connectivity index (χ0) is 14.5. The average Bonchev–Trinajstić information content (AvgIpc) is 2.41. The highest BCUT2D eigenvalue weighted by Crippen LogP contribution is 2.15.